The molecule has 126 valence electrons. The lowest BCUT2D eigenvalue weighted by Crippen LogP contribution is -2.44. The minimum atomic E-state index is -4.55. The Hall–Kier alpha value is -1.12. The number of fused-ring (bicyclic) bond motifs is 1. The molecule has 3 nitrogen and oxygen atoms in total. The minimum Gasteiger partial charge on any atom is -0.354 e. The predicted molar refractivity (Wildman–Crippen MR) is 88.5 cm³/mol. The van der Waals surface area contributed by atoms with E-state index in [1.807, 2.05) is 0 Å². The van der Waals surface area contributed by atoms with Crippen LogP contribution >= 0.6 is 27.3 Å². The van der Waals surface area contributed by atoms with Crippen LogP contribution in [0.25, 0.3) is 10.2 Å². The molecule has 0 aliphatic carbocycles. The zero-order valence-corrected chi connectivity index (χ0v) is 15.2. The summed E-state index contributed by atoms with van der Waals surface area (Å²) < 4.78 is 48.7. The van der Waals surface area contributed by atoms with Crippen LogP contribution in [0.4, 0.5) is 13.2 Å². The summed E-state index contributed by atoms with van der Waals surface area (Å²) >= 11 is 4.44. The molecule has 1 unspecified atom stereocenters. The Bertz CT molecular complexity index is 809. The first-order valence-electron chi connectivity index (χ1n) is 6.84. The molecular formula is C15H16BrF3N2OS. The highest BCUT2D eigenvalue weighted by Gasteiger charge is 2.48. The van der Waals surface area contributed by atoms with E-state index in [1.165, 1.54) is 18.6 Å². The number of allylic oxidation sites excluding steroid dienone is 1. The lowest BCUT2D eigenvalue weighted by Gasteiger charge is -2.34. The molecule has 1 aromatic carbocycles. The molecule has 23 heavy (non-hydrogen) atoms. The summed E-state index contributed by atoms with van der Waals surface area (Å²) in [5.74, 6) is 0. The molecule has 0 spiro atoms. The van der Waals surface area contributed by atoms with Gasteiger partial charge in [-0.25, -0.2) is 0 Å². The van der Waals surface area contributed by atoms with E-state index >= 15 is 0 Å². The number of benzene rings is 1. The fraction of sp³-hybridized carbons (Fsp3) is 0.400. The van der Waals surface area contributed by atoms with Crippen LogP contribution in [-0.2, 0) is 10.5 Å². The monoisotopic (exact) mass is 408 g/mol. The standard InChI is InChI=1S/C15H16BrF3N2OS/c1-4-5-12(15(17,18)19)14(2,22-3)21-10-7-6-9(16)8-11(10)23-13(21)20/h5-8,20H,4H2,1-3H3/b12-5+,20-13?. The fourth-order valence-corrected chi connectivity index (χ4v) is 4.07. The average molecular weight is 409 g/mol. The number of halogens is 4. The number of thiazole rings is 1. The number of alkyl halides is 3. The SMILES string of the molecule is CC/C=C(/C(F)(F)F)C(C)(OC)n1c(=N)sc2cc(Br)ccc21. The first kappa shape index (κ1) is 18.2. The van der Waals surface area contributed by atoms with Crippen LogP contribution in [-0.4, -0.2) is 17.9 Å². The first-order valence-corrected chi connectivity index (χ1v) is 8.45. The molecule has 2 rings (SSSR count). The number of nitrogens with zero attached hydrogens (tertiary/aromatic N) is 1. The summed E-state index contributed by atoms with van der Waals surface area (Å²) in [6.07, 6.45) is -3.22. The second kappa shape index (κ2) is 6.41. The molecule has 2 aromatic rings. The van der Waals surface area contributed by atoms with Gasteiger partial charge in [0.25, 0.3) is 0 Å². The smallest absolute Gasteiger partial charge is 0.354 e. The minimum absolute atomic E-state index is 0.00583. The molecule has 0 radical (unpaired) electrons. The van der Waals surface area contributed by atoms with Gasteiger partial charge in [-0.2, -0.15) is 13.2 Å². The molecule has 0 saturated carbocycles. The highest BCUT2D eigenvalue weighted by Crippen LogP contribution is 2.40. The largest absolute Gasteiger partial charge is 0.416 e. The summed E-state index contributed by atoms with van der Waals surface area (Å²) in [6.45, 7) is 2.98. The first-order chi connectivity index (χ1) is 10.6. The number of methoxy groups -OCH3 is 1. The normalized spacial score (nSPS) is 15.9. The van der Waals surface area contributed by atoms with Crippen molar-refractivity contribution in [3.63, 3.8) is 0 Å². The molecule has 0 aliphatic heterocycles. The predicted octanol–water partition coefficient (Wildman–Crippen LogP) is 5.16. The second-order valence-corrected chi connectivity index (χ2v) is 7.01. The third-order valence-electron chi connectivity index (χ3n) is 3.61. The molecule has 1 N–H and O–H groups in total. The topological polar surface area (TPSA) is 38.0 Å². The molecule has 0 fully saturated rings. The van der Waals surface area contributed by atoms with E-state index in [0.717, 1.165) is 21.9 Å². The lowest BCUT2D eigenvalue weighted by atomic mass is 10.0. The highest BCUT2D eigenvalue weighted by molar-refractivity contribution is 9.10. The Balaban J connectivity index is 2.81. The number of nitrogens with one attached hydrogen (secondary N) is 1. The molecule has 0 saturated heterocycles. The molecule has 0 amide bonds. The van der Waals surface area contributed by atoms with E-state index in [9.17, 15) is 13.2 Å². The molecular weight excluding hydrogens is 393 g/mol. The zero-order valence-electron chi connectivity index (χ0n) is 12.8. The Morgan fingerprint density at radius 1 is 1.43 bits per heavy atom. The van der Waals surface area contributed by atoms with Gasteiger partial charge in [-0.1, -0.05) is 40.3 Å². The van der Waals surface area contributed by atoms with Crippen LogP contribution in [0.1, 0.15) is 20.3 Å². The van der Waals surface area contributed by atoms with Crippen molar-refractivity contribution in [1.29, 1.82) is 5.41 Å². The molecule has 1 atom stereocenters. The third-order valence-corrected chi connectivity index (χ3v) is 5.03. The van der Waals surface area contributed by atoms with Crippen molar-refractivity contribution < 1.29 is 17.9 Å². The summed E-state index contributed by atoms with van der Waals surface area (Å²) in [6, 6.07) is 5.20. The van der Waals surface area contributed by atoms with Crippen LogP contribution in [0.2, 0.25) is 0 Å². The summed E-state index contributed by atoms with van der Waals surface area (Å²) in [5, 5.41) is 8.15. The van der Waals surface area contributed by atoms with Gasteiger partial charge in [0.15, 0.2) is 10.5 Å². The van der Waals surface area contributed by atoms with E-state index in [0.29, 0.717) is 10.2 Å². The molecule has 1 heterocycles. The Kier molecular flexibility index (Phi) is 5.08. The zero-order chi connectivity index (χ0) is 17.4. The van der Waals surface area contributed by atoms with Crippen LogP contribution in [0.5, 0.6) is 0 Å². The van der Waals surface area contributed by atoms with Gasteiger partial charge in [0, 0.05) is 11.6 Å². The van der Waals surface area contributed by atoms with Gasteiger partial charge in [0.05, 0.1) is 15.8 Å². The van der Waals surface area contributed by atoms with Crippen molar-refractivity contribution in [2.45, 2.75) is 32.2 Å². The van der Waals surface area contributed by atoms with Gasteiger partial charge >= 0.3 is 6.18 Å². The highest BCUT2D eigenvalue weighted by atomic mass is 79.9. The van der Waals surface area contributed by atoms with E-state index < -0.39 is 17.5 Å². The van der Waals surface area contributed by atoms with Gasteiger partial charge in [0.2, 0.25) is 0 Å². The summed E-state index contributed by atoms with van der Waals surface area (Å²) in [5.41, 5.74) is -2.09. The molecule has 0 aliphatic rings. The number of aromatic nitrogens is 1. The maximum Gasteiger partial charge on any atom is 0.416 e. The fourth-order valence-electron chi connectivity index (χ4n) is 2.53. The Labute approximate surface area is 144 Å². The average Bonchev–Trinajstić information content (AvgIpc) is 2.78. The second-order valence-electron chi connectivity index (χ2n) is 5.07. The number of hydrogen-bond acceptors (Lipinski definition) is 3. The van der Waals surface area contributed by atoms with Crippen LogP contribution in [0, 0.1) is 5.41 Å². The molecule has 8 heteroatoms. The maximum atomic E-state index is 13.6. The van der Waals surface area contributed by atoms with Crippen molar-refractivity contribution in [3.05, 3.63) is 39.1 Å². The van der Waals surface area contributed by atoms with E-state index in [2.05, 4.69) is 15.9 Å². The van der Waals surface area contributed by atoms with E-state index in [4.69, 9.17) is 10.1 Å². The van der Waals surface area contributed by atoms with Gasteiger partial charge in [-0.05, 0) is 31.5 Å². The van der Waals surface area contributed by atoms with Crippen molar-refractivity contribution in [2.75, 3.05) is 7.11 Å². The maximum absolute atomic E-state index is 13.6. The van der Waals surface area contributed by atoms with Gasteiger partial charge in [-0.3, -0.25) is 9.98 Å². The lowest BCUT2D eigenvalue weighted by molar-refractivity contribution is -0.143. The van der Waals surface area contributed by atoms with Crippen molar-refractivity contribution in [3.8, 4) is 0 Å². The van der Waals surface area contributed by atoms with Crippen LogP contribution in [0.3, 0.4) is 0 Å². The van der Waals surface area contributed by atoms with Crippen LogP contribution in [0.15, 0.2) is 34.3 Å². The van der Waals surface area contributed by atoms with E-state index in [-0.39, 0.29) is 11.2 Å². The van der Waals surface area contributed by atoms with Gasteiger partial charge < -0.3 is 4.74 Å². The van der Waals surface area contributed by atoms with Gasteiger partial charge in [0.1, 0.15) is 0 Å². The summed E-state index contributed by atoms with van der Waals surface area (Å²) in [7, 11) is 1.23. The van der Waals surface area contributed by atoms with E-state index in [1.54, 1.807) is 25.1 Å². The molecule has 1 aromatic heterocycles. The number of rotatable bonds is 4. The van der Waals surface area contributed by atoms with Crippen molar-refractivity contribution in [2.24, 2.45) is 0 Å². The Morgan fingerprint density at radius 3 is 2.61 bits per heavy atom. The van der Waals surface area contributed by atoms with Gasteiger partial charge in [-0.15, -0.1) is 0 Å². The summed E-state index contributed by atoms with van der Waals surface area (Å²) in [4.78, 5) is -0.00583. The van der Waals surface area contributed by atoms with Crippen LogP contribution < -0.4 is 4.80 Å². The number of ether oxygens (including phenoxy) is 1. The van der Waals surface area contributed by atoms with Crippen molar-refractivity contribution in [1.82, 2.24) is 4.57 Å². The number of hydrogen-bond donors (Lipinski definition) is 1. The quantitative estimate of drug-likeness (QED) is 0.696. The van der Waals surface area contributed by atoms with Crippen molar-refractivity contribution >= 4 is 37.5 Å². The Morgan fingerprint density at radius 2 is 2.09 bits per heavy atom. The molecule has 0 bridgehead atoms. The third kappa shape index (κ3) is 3.25.